The molecule has 0 heterocycles. The molecule has 0 bridgehead atoms. The van der Waals surface area contributed by atoms with Gasteiger partial charge in [-0.2, -0.15) is 0 Å². The van der Waals surface area contributed by atoms with Crippen molar-refractivity contribution in [1.29, 1.82) is 0 Å². The fourth-order valence-electron chi connectivity index (χ4n) is 1.56. The highest BCUT2D eigenvalue weighted by atomic mass is 79.9. The Balaban J connectivity index is 2.08. The molecule has 0 saturated heterocycles. The Hall–Kier alpha value is -1.81. The summed E-state index contributed by atoms with van der Waals surface area (Å²) in [4.78, 5) is 11.3. The van der Waals surface area contributed by atoms with E-state index in [-0.39, 0.29) is 5.97 Å². The average molecular weight is 321 g/mol. The molecule has 0 aromatic heterocycles. The fourth-order valence-corrected chi connectivity index (χ4v) is 1.93. The summed E-state index contributed by atoms with van der Waals surface area (Å²) in [5, 5.41) is 0.821. The molecule has 0 spiro atoms. The quantitative estimate of drug-likeness (QED) is 0.626. The SMILES string of the molecule is COC(=O)c1ccc(Oc2ccc(CBr)cc2)cc1. The second-order valence-corrected chi connectivity index (χ2v) is 4.46. The van der Waals surface area contributed by atoms with Gasteiger partial charge < -0.3 is 9.47 Å². The maximum absolute atomic E-state index is 11.3. The van der Waals surface area contributed by atoms with Crippen molar-refractivity contribution in [3.8, 4) is 11.5 Å². The van der Waals surface area contributed by atoms with Crippen molar-refractivity contribution in [2.75, 3.05) is 7.11 Å². The first kappa shape index (κ1) is 13.6. The highest BCUT2D eigenvalue weighted by Crippen LogP contribution is 2.22. The van der Waals surface area contributed by atoms with Crippen LogP contribution in [0.25, 0.3) is 0 Å². The van der Waals surface area contributed by atoms with Gasteiger partial charge in [-0.15, -0.1) is 0 Å². The summed E-state index contributed by atoms with van der Waals surface area (Å²) >= 11 is 3.39. The number of benzene rings is 2. The third-order valence-corrected chi connectivity index (χ3v) is 3.24. The van der Waals surface area contributed by atoms with Crippen LogP contribution in [-0.2, 0) is 10.1 Å². The number of esters is 1. The second-order valence-electron chi connectivity index (χ2n) is 3.90. The molecular weight excluding hydrogens is 308 g/mol. The monoisotopic (exact) mass is 320 g/mol. The number of rotatable bonds is 4. The third kappa shape index (κ3) is 3.58. The summed E-state index contributed by atoms with van der Waals surface area (Å²) in [6, 6.07) is 14.6. The summed E-state index contributed by atoms with van der Waals surface area (Å²) in [6.07, 6.45) is 0. The van der Waals surface area contributed by atoms with E-state index in [1.807, 2.05) is 24.3 Å². The molecule has 3 nitrogen and oxygen atoms in total. The van der Waals surface area contributed by atoms with Gasteiger partial charge in [0.05, 0.1) is 12.7 Å². The molecule has 2 aromatic rings. The van der Waals surface area contributed by atoms with Crippen molar-refractivity contribution >= 4 is 21.9 Å². The lowest BCUT2D eigenvalue weighted by molar-refractivity contribution is 0.0600. The van der Waals surface area contributed by atoms with Crippen LogP contribution < -0.4 is 4.74 Å². The molecule has 2 aromatic carbocycles. The number of methoxy groups -OCH3 is 1. The van der Waals surface area contributed by atoms with Crippen LogP contribution in [0.5, 0.6) is 11.5 Å². The van der Waals surface area contributed by atoms with Crippen molar-refractivity contribution in [3.05, 3.63) is 59.7 Å². The molecule has 2 rings (SSSR count). The maximum atomic E-state index is 11.3. The molecule has 0 fully saturated rings. The molecule has 0 N–H and O–H groups in total. The zero-order valence-electron chi connectivity index (χ0n) is 10.4. The predicted octanol–water partition coefficient (Wildman–Crippen LogP) is 4.16. The Labute approximate surface area is 120 Å². The number of ether oxygens (including phenoxy) is 2. The van der Waals surface area contributed by atoms with Crippen LogP contribution >= 0.6 is 15.9 Å². The van der Waals surface area contributed by atoms with Crippen molar-refractivity contribution < 1.29 is 14.3 Å². The number of halogens is 1. The highest BCUT2D eigenvalue weighted by molar-refractivity contribution is 9.08. The minimum absolute atomic E-state index is 0.353. The molecule has 4 heteroatoms. The van der Waals surface area contributed by atoms with Crippen molar-refractivity contribution in [2.24, 2.45) is 0 Å². The number of carbonyl (C=O) groups excluding carboxylic acids is 1. The topological polar surface area (TPSA) is 35.5 Å². The Morgan fingerprint density at radius 2 is 1.53 bits per heavy atom. The van der Waals surface area contributed by atoms with Gasteiger partial charge in [0.15, 0.2) is 0 Å². The van der Waals surface area contributed by atoms with Gasteiger partial charge in [0, 0.05) is 5.33 Å². The smallest absolute Gasteiger partial charge is 0.337 e. The largest absolute Gasteiger partial charge is 0.465 e. The van der Waals surface area contributed by atoms with Crippen LogP contribution in [0.3, 0.4) is 0 Å². The number of hydrogen-bond acceptors (Lipinski definition) is 3. The molecule has 0 aliphatic carbocycles. The van der Waals surface area contributed by atoms with Gasteiger partial charge in [-0.1, -0.05) is 28.1 Å². The highest BCUT2D eigenvalue weighted by Gasteiger charge is 2.05. The average Bonchev–Trinajstić information content (AvgIpc) is 2.48. The molecule has 0 saturated carbocycles. The van der Waals surface area contributed by atoms with Crippen LogP contribution in [0.4, 0.5) is 0 Å². The number of alkyl halides is 1. The zero-order chi connectivity index (χ0) is 13.7. The summed E-state index contributed by atoms with van der Waals surface area (Å²) in [5.41, 5.74) is 1.69. The lowest BCUT2D eigenvalue weighted by Crippen LogP contribution is -2.00. The lowest BCUT2D eigenvalue weighted by Gasteiger charge is -2.06. The van der Waals surface area contributed by atoms with Crippen LogP contribution in [0.15, 0.2) is 48.5 Å². The summed E-state index contributed by atoms with van der Waals surface area (Å²) in [7, 11) is 1.36. The maximum Gasteiger partial charge on any atom is 0.337 e. The first-order valence-electron chi connectivity index (χ1n) is 5.74. The zero-order valence-corrected chi connectivity index (χ0v) is 12.0. The van der Waals surface area contributed by atoms with E-state index >= 15 is 0 Å². The van der Waals surface area contributed by atoms with E-state index < -0.39 is 0 Å². The van der Waals surface area contributed by atoms with Crippen molar-refractivity contribution in [2.45, 2.75) is 5.33 Å². The Bertz CT molecular complexity index is 547. The molecule has 19 heavy (non-hydrogen) atoms. The van der Waals surface area contributed by atoms with Crippen LogP contribution in [-0.4, -0.2) is 13.1 Å². The first-order chi connectivity index (χ1) is 9.22. The molecule has 0 radical (unpaired) electrons. The van der Waals surface area contributed by atoms with Crippen molar-refractivity contribution in [3.63, 3.8) is 0 Å². The molecule has 0 amide bonds. The fraction of sp³-hybridized carbons (Fsp3) is 0.133. The third-order valence-electron chi connectivity index (χ3n) is 2.59. The molecule has 0 atom stereocenters. The lowest BCUT2D eigenvalue weighted by atomic mass is 10.2. The van der Waals surface area contributed by atoms with Gasteiger partial charge in [-0.05, 0) is 42.0 Å². The van der Waals surface area contributed by atoms with Gasteiger partial charge >= 0.3 is 5.97 Å². The Kier molecular flexibility index (Phi) is 4.58. The van der Waals surface area contributed by atoms with Gasteiger partial charge in [0.1, 0.15) is 11.5 Å². The van der Waals surface area contributed by atoms with E-state index in [4.69, 9.17) is 4.74 Å². The molecule has 0 aliphatic rings. The van der Waals surface area contributed by atoms with Gasteiger partial charge in [0.25, 0.3) is 0 Å². The van der Waals surface area contributed by atoms with Crippen LogP contribution in [0, 0.1) is 0 Å². The number of hydrogen-bond donors (Lipinski definition) is 0. The van der Waals surface area contributed by atoms with Crippen molar-refractivity contribution in [1.82, 2.24) is 0 Å². The van der Waals surface area contributed by atoms with E-state index in [0.717, 1.165) is 11.1 Å². The minimum atomic E-state index is -0.353. The van der Waals surface area contributed by atoms with Gasteiger partial charge in [-0.3, -0.25) is 0 Å². The minimum Gasteiger partial charge on any atom is -0.465 e. The summed E-state index contributed by atoms with van der Waals surface area (Å²) < 4.78 is 10.3. The first-order valence-corrected chi connectivity index (χ1v) is 6.86. The Morgan fingerprint density at radius 1 is 1.00 bits per heavy atom. The molecule has 0 unspecified atom stereocenters. The summed E-state index contributed by atoms with van der Waals surface area (Å²) in [5.74, 6) is 1.09. The van der Waals surface area contributed by atoms with Crippen LogP contribution in [0.2, 0.25) is 0 Å². The standard InChI is InChI=1S/C15H13BrO3/c1-18-15(17)12-4-8-14(9-5-12)19-13-6-2-11(10-16)3-7-13/h2-9H,10H2,1H3. The van der Waals surface area contributed by atoms with E-state index in [9.17, 15) is 4.79 Å². The predicted molar refractivity (Wildman–Crippen MR) is 76.9 cm³/mol. The Morgan fingerprint density at radius 3 is 2.00 bits per heavy atom. The van der Waals surface area contributed by atoms with E-state index in [0.29, 0.717) is 11.3 Å². The van der Waals surface area contributed by atoms with E-state index in [1.165, 1.54) is 12.7 Å². The van der Waals surface area contributed by atoms with E-state index in [2.05, 4.69) is 20.7 Å². The molecule has 98 valence electrons. The molecular formula is C15H13BrO3. The summed E-state index contributed by atoms with van der Waals surface area (Å²) in [6.45, 7) is 0. The van der Waals surface area contributed by atoms with Gasteiger partial charge in [0.2, 0.25) is 0 Å². The second kappa shape index (κ2) is 6.38. The normalized spacial score (nSPS) is 10.0. The van der Waals surface area contributed by atoms with E-state index in [1.54, 1.807) is 24.3 Å². The number of carbonyl (C=O) groups is 1. The molecule has 0 aliphatic heterocycles. The van der Waals surface area contributed by atoms with Gasteiger partial charge in [-0.25, -0.2) is 4.79 Å². The van der Waals surface area contributed by atoms with Crippen LogP contribution in [0.1, 0.15) is 15.9 Å².